The first-order valence-corrected chi connectivity index (χ1v) is 8.79. The van der Waals surface area contributed by atoms with Crippen molar-refractivity contribution in [3.63, 3.8) is 0 Å². The average molecular weight is 318 g/mol. The van der Waals surface area contributed by atoms with Crippen molar-refractivity contribution in [1.82, 2.24) is 19.8 Å². The van der Waals surface area contributed by atoms with Gasteiger partial charge < -0.3 is 10.2 Å². The standard InChI is InChI=1S/C12H22N4O4S/c1-8(17)13-5-11-12(18)16-6-9(14-21(3,19)20)4-10(16)7-15(11)2/h9-11,14H,4-7H2,1-3H3,(H,13,17)/t9-,10-,11-/m0/s1. The third-order valence-corrected chi connectivity index (χ3v) is 4.70. The van der Waals surface area contributed by atoms with E-state index in [9.17, 15) is 18.0 Å². The quantitative estimate of drug-likeness (QED) is 0.622. The maximum absolute atomic E-state index is 12.5. The van der Waals surface area contributed by atoms with Gasteiger partial charge in [0, 0.05) is 38.6 Å². The molecule has 2 amide bonds. The number of fused-ring (bicyclic) bond motifs is 1. The Bertz CT molecular complexity index is 535. The lowest BCUT2D eigenvalue weighted by Crippen LogP contribution is -2.61. The summed E-state index contributed by atoms with van der Waals surface area (Å²) in [7, 11) is -1.43. The number of hydrogen-bond acceptors (Lipinski definition) is 5. The van der Waals surface area contributed by atoms with Gasteiger partial charge in [0.25, 0.3) is 0 Å². The Morgan fingerprint density at radius 2 is 2.05 bits per heavy atom. The Kier molecular flexibility index (Phi) is 4.54. The van der Waals surface area contributed by atoms with Gasteiger partial charge >= 0.3 is 0 Å². The monoisotopic (exact) mass is 318 g/mol. The number of nitrogens with one attached hydrogen (secondary N) is 2. The number of sulfonamides is 1. The number of carbonyl (C=O) groups excluding carboxylic acids is 2. The molecule has 2 aliphatic heterocycles. The maximum Gasteiger partial charge on any atom is 0.242 e. The van der Waals surface area contributed by atoms with Crippen LogP contribution in [0, 0.1) is 0 Å². The minimum Gasteiger partial charge on any atom is -0.354 e. The highest BCUT2D eigenvalue weighted by molar-refractivity contribution is 7.88. The van der Waals surface area contributed by atoms with Crippen molar-refractivity contribution in [1.29, 1.82) is 0 Å². The van der Waals surface area contributed by atoms with E-state index in [1.165, 1.54) is 6.92 Å². The first-order chi connectivity index (χ1) is 9.67. The Hall–Kier alpha value is -1.19. The zero-order valence-corrected chi connectivity index (χ0v) is 13.3. The molecule has 120 valence electrons. The van der Waals surface area contributed by atoms with Crippen molar-refractivity contribution < 1.29 is 18.0 Å². The van der Waals surface area contributed by atoms with Crippen LogP contribution in [0.25, 0.3) is 0 Å². The van der Waals surface area contributed by atoms with Gasteiger partial charge in [-0.3, -0.25) is 14.5 Å². The summed E-state index contributed by atoms with van der Waals surface area (Å²) in [6, 6.07) is -0.598. The molecule has 2 rings (SSSR count). The van der Waals surface area contributed by atoms with Crippen LogP contribution in [0.5, 0.6) is 0 Å². The van der Waals surface area contributed by atoms with Crippen molar-refractivity contribution in [3.05, 3.63) is 0 Å². The van der Waals surface area contributed by atoms with Crippen LogP contribution in [0.3, 0.4) is 0 Å². The summed E-state index contributed by atoms with van der Waals surface area (Å²) in [5, 5.41) is 2.67. The molecule has 3 atom stereocenters. The summed E-state index contributed by atoms with van der Waals surface area (Å²) >= 11 is 0. The molecule has 0 radical (unpaired) electrons. The number of likely N-dealkylation sites (N-methyl/N-ethyl adjacent to an activating group) is 1. The van der Waals surface area contributed by atoms with E-state index >= 15 is 0 Å². The van der Waals surface area contributed by atoms with Gasteiger partial charge in [-0.1, -0.05) is 0 Å². The number of rotatable bonds is 4. The summed E-state index contributed by atoms with van der Waals surface area (Å²) in [4.78, 5) is 27.2. The number of carbonyl (C=O) groups is 2. The lowest BCUT2D eigenvalue weighted by Gasteiger charge is -2.40. The smallest absolute Gasteiger partial charge is 0.242 e. The number of nitrogens with zero attached hydrogens (tertiary/aromatic N) is 2. The van der Waals surface area contributed by atoms with E-state index in [1.54, 1.807) is 4.90 Å². The molecule has 2 saturated heterocycles. The third kappa shape index (κ3) is 3.92. The van der Waals surface area contributed by atoms with E-state index in [2.05, 4.69) is 10.0 Å². The van der Waals surface area contributed by atoms with Crippen LogP contribution in [-0.4, -0.2) is 81.1 Å². The minimum atomic E-state index is -3.27. The zero-order chi connectivity index (χ0) is 15.8. The fourth-order valence-electron chi connectivity index (χ4n) is 3.07. The molecule has 21 heavy (non-hydrogen) atoms. The van der Waals surface area contributed by atoms with E-state index in [1.807, 2.05) is 11.9 Å². The second kappa shape index (κ2) is 5.90. The summed E-state index contributed by atoms with van der Waals surface area (Å²) in [5.74, 6) is -0.225. The summed E-state index contributed by atoms with van der Waals surface area (Å²) in [6.45, 7) is 2.76. The van der Waals surface area contributed by atoms with Crippen LogP contribution < -0.4 is 10.0 Å². The van der Waals surface area contributed by atoms with Crippen LogP contribution in [0.1, 0.15) is 13.3 Å². The van der Waals surface area contributed by atoms with Gasteiger partial charge in [-0.05, 0) is 13.5 Å². The van der Waals surface area contributed by atoms with E-state index in [0.29, 0.717) is 19.5 Å². The lowest BCUT2D eigenvalue weighted by molar-refractivity contribution is -0.142. The first-order valence-electron chi connectivity index (χ1n) is 6.90. The molecule has 0 aromatic carbocycles. The predicted octanol–water partition coefficient (Wildman–Crippen LogP) is -2.04. The SMILES string of the molecule is CC(=O)NC[C@H]1C(=O)N2C[C@@H](NS(C)(=O)=O)C[C@H]2CN1C. The Morgan fingerprint density at radius 3 is 2.62 bits per heavy atom. The third-order valence-electron chi connectivity index (χ3n) is 3.94. The molecule has 0 aromatic rings. The largest absolute Gasteiger partial charge is 0.354 e. The first kappa shape index (κ1) is 16.2. The van der Waals surface area contributed by atoms with Crippen molar-refractivity contribution in [2.24, 2.45) is 0 Å². The molecule has 2 aliphatic rings. The second-order valence-electron chi connectivity index (χ2n) is 5.86. The van der Waals surface area contributed by atoms with Gasteiger partial charge in [0.2, 0.25) is 21.8 Å². The van der Waals surface area contributed by atoms with Gasteiger partial charge in [0.1, 0.15) is 6.04 Å². The fourth-order valence-corrected chi connectivity index (χ4v) is 3.85. The molecule has 0 saturated carbocycles. The molecule has 0 spiro atoms. The molecule has 0 aromatic heterocycles. The summed E-state index contributed by atoms with van der Waals surface area (Å²) < 4.78 is 25.2. The summed E-state index contributed by atoms with van der Waals surface area (Å²) in [5.41, 5.74) is 0. The van der Waals surface area contributed by atoms with Crippen LogP contribution >= 0.6 is 0 Å². The molecule has 8 nitrogen and oxygen atoms in total. The van der Waals surface area contributed by atoms with E-state index in [0.717, 1.165) is 6.26 Å². The van der Waals surface area contributed by atoms with Crippen LogP contribution in [0.4, 0.5) is 0 Å². The second-order valence-corrected chi connectivity index (χ2v) is 7.64. The van der Waals surface area contributed by atoms with E-state index < -0.39 is 10.0 Å². The Morgan fingerprint density at radius 1 is 1.38 bits per heavy atom. The number of piperazine rings is 1. The lowest BCUT2D eigenvalue weighted by atomic mass is 10.1. The van der Waals surface area contributed by atoms with Crippen molar-refractivity contribution in [2.45, 2.75) is 31.5 Å². The molecular weight excluding hydrogens is 296 g/mol. The van der Waals surface area contributed by atoms with Crippen LogP contribution in [0.2, 0.25) is 0 Å². The minimum absolute atomic E-state index is 0.0235. The zero-order valence-electron chi connectivity index (χ0n) is 12.5. The maximum atomic E-state index is 12.5. The predicted molar refractivity (Wildman–Crippen MR) is 77.0 cm³/mol. The van der Waals surface area contributed by atoms with Crippen molar-refractivity contribution in [3.8, 4) is 0 Å². The highest BCUT2D eigenvalue weighted by atomic mass is 32.2. The van der Waals surface area contributed by atoms with Crippen molar-refractivity contribution in [2.75, 3.05) is 32.9 Å². The molecule has 2 N–H and O–H groups in total. The molecule has 0 unspecified atom stereocenters. The van der Waals surface area contributed by atoms with Crippen molar-refractivity contribution >= 4 is 21.8 Å². The topological polar surface area (TPSA) is 98.8 Å². The van der Waals surface area contributed by atoms with Crippen LogP contribution in [0.15, 0.2) is 0 Å². The van der Waals surface area contributed by atoms with Gasteiger partial charge in [-0.25, -0.2) is 13.1 Å². The highest BCUT2D eigenvalue weighted by Crippen LogP contribution is 2.25. The van der Waals surface area contributed by atoms with Gasteiger partial charge in [-0.2, -0.15) is 0 Å². The molecule has 2 fully saturated rings. The van der Waals surface area contributed by atoms with E-state index in [-0.39, 0.29) is 36.5 Å². The van der Waals surface area contributed by atoms with Crippen LogP contribution in [-0.2, 0) is 19.6 Å². The molecule has 9 heteroatoms. The van der Waals surface area contributed by atoms with Gasteiger partial charge in [0.05, 0.1) is 6.26 Å². The number of hydrogen-bond donors (Lipinski definition) is 2. The Labute approximate surface area is 124 Å². The van der Waals surface area contributed by atoms with E-state index in [4.69, 9.17) is 0 Å². The fraction of sp³-hybridized carbons (Fsp3) is 0.833. The summed E-state index contributed by atoms with van der Waals surface area (Å²) in [6.07, 6.45) is 1.74. The van der Waals surface area contributed by atoms with Gasteiger partial charge in [-0.15, -0.1) is 0 Å². The number of amides is 2. The molecular formula is C12H22N4O4S. The molecule has 0 aliphatic carbocycles. The average Bonchev–Trinajstić information content (AvgIpc) is 2.68. The molecule has 0 bridgehead atoms. The Balaban J connectivity index is 2.03. The highest BCUT2D eigenvalue weighted by Gasteiger charge is 2.44. The normalized spacial score (nSPS) is 30.3. The van der Waals surface area contributed by atoms with Gasteiger partial charge in [0.15, 0.2) is 0 Å². The molecule has 2 heterocycles.